The number of aryl methyl sites for hydroxylation is 2. The molecule has 2 rings (SSSR count). The third kappa shape index (κ3) is 5.03. The van der Waals surface area contributed by atoms with Crippen LogP contribution in [0.3, 0.4) is 0 Å². The maximum absolute atomic E-state index is 12.2. The molecule has 0 heterocycles. The predicted molar refractivity (Wildman–Crippen MR) is 100 cm³/mol. The van der Waals surface area contributed by atoms with Crippen molar-refractivity contribution in [3.05, 3.63) is 69.2 Å². The molecule has 3 nitrogen and oxygen atoms in total. The van der Waals surface area contributed by atoms with E-state index >= 15 is 0 Å². The van der Waals surface area contributed by atoms with Crippen LogP contribution in [0.15, 0.2) is 46.9 Å². The second-order valence-electron chi connectivity index (χ2n) is 6.07. The Bertz CT molecular complexity index is 755. The van der Waals surface area contributed by atoms with Crippen LogP contribution >= 0.6 is 15.9 Å². The lowest BCUT2D eigenvalue weighted by molar-refractivity contribution is -0.121. The lowest BCUT2D eigenvalue weighted by Gasteiger charge is -2.14. The van der Waals surface area contributed by atoms with Gasteiger partial charge in [0.15, 0.2) is 5.78 Å². The van der Waals surface area contributed by atoms with Crippen molar-refractivity contribution in [1.82, 2.24) is 5.32 Å². The molecule has 1 amide bonds. The number of halogens is 1. The van der Waals surface area contributed by atoms with Gasteiger partial charge in [-0.3, -0.25) is 9.59 Å². The molecule has 0 radical (unpaired) electrons. The van der Waals surface area contributed by atoms with Gasteiger partial charge in [-0.2, -0.15) is 0 Å². The highest BCUT2D eigenvalue weighted by Crippen LogP contribution is 2.18. The second-order valence-corrected chi connectivity index (χ2v) is 6.98. The minimum atomic E-state index is -0.111. The first-order valence-electron chi connectivity index (χ1n) is 8.02. The van der Waals surface area contributed by atoms with Crippen molar-refractivity contribution in [2.45, 2.75) is 39.7 Å². The molecule has 0 aliphatic heterocycles. The summed E-state index contributed by atoms with van der Waals surface area (Å²) < 4.78 is 0.978. The van der Waals surface area contributed by atoms with Crippen molar-refractivity contribution in [3.63, 3.8) is 0 Å². The van der Waals surface area contributed by atoms with Crippen LogP contribution in [0.25, 0.3) is 0 Å². The topological polar surface area (TPSA) is 46.2 Å². The average Bonchev–Trinajstić information content (AvgIpc) is 2.55. The van der Waals surface area contributed by atoms with Crippen LogP contribution in [0, 0.1) is 13.8 Å². The number of benzene rings is 2. The Morgan fingerprint density at radius 3 is 2.46 bits per heavy atom. The summed E-state index contributed by atoms with van der Waals surface area (Å²) in [5, 5.41) is 2.94. The van der Waals surface area contributed by atoms with Crippen LogP contribution in [-0.4, -0.2) is 11.7 Å². The smallest absolute Gasteiger partial charge is 0.220 e. The van der Waals surface area contributed by atoms with E-state index in [0.717, 1.165) is 21.2 Å². The van der Waals surface area contributed by atoms with Crippen LogP contribution < -0.4 is 5.32 Å². The van der Waals surface area contributed by atoms with Crippen LogP contribution in [0.1, 0.15) is 52.9 Å². The van der Waals surface area contributed by atoms with Crippen LogP contribution in [0.2, 0.25) is 0 Å². The molecule has 0 saturated heterocycles. The Morgan fingerprint density at radius 2 is 1.79 bits per heavy atom. The highest BCUT2D eigenvalue weighted by molar-refractivity contribution is 9.10. The van der Waals surface area contributed by atoms with E-state index in [-0.39, 0.29) is 30.6 Å². The number of hydrogen-bond donors (Lipinski definition) is 1. The molecule has 4 heteroatoms. The number of hydrogen-bond acceptors (Lipinski definition) is 2. The summed E-state index contributed by atoms with van der Waals surface area (Å²) in [7, 11) is 0. The van der Waals surface area contributed by atoms with Gasteiger partial charge >= 0.3 is 0 Å². The van der Waals surface area contributed by atoms with Gasteiger partial charge in [0.1, 0.15) is 0 Å². The summed E-state index contributed by atoms with van der Waals surface area (Å²) in [5.41, 5.74) is 3.95. The fourth-order valence-electron chi connectivity index (χ4n) is 2.46. The SMILES string of the molecule is Cc1ccc(C(=O)CCC(=O)N[C@@H](C)c2cccc(Br)c2)cc1C. The van der Waals surface area contributed by atoms with E-state index in [2.05, 4.69) is 21.2 Å². The zero-order valence-corrected chi connectivity index (χ0v) is 15.8. The minimum absolute atomic E-state index is 0.00311. The number of ketones is 1. The van der Waals surface area contributed by atoms with E-state index < -0.39 is 0 Å². The van der Waals surface area contributed by atoms with Crippen molar-refractivity contribution in [1.29, 1.82) is 0 Å². The Labute approximate surface area is 151 Å². The molecular formula is C20H22BrNO2. The number of carbonyl (C=O) groups is 2. The maximum atomic E-state index is 12.2. The molecule has 0 bridgehead atoms. The molecule has 0 unspecified atom stereocenters. The Morgan fingerprint density at radius 1 is 1.04 bits per heavy atom. The molecule has 0 spiro atoms. The molecule has 2 aromatic rings. The molecule has 1 atom stereocenters. The molecule has 0 aliphatic carbocycles. The van der Waals surface area contributed by atoms with Gasteiger partial charge < -0.3 is 5.32 Å². The summed E-state index contributed by atoms with van der Waals surface area (Å²) >= 11 is 3.43. The van der Waals surface area contributed by atoms with Gasteiger partial charge in [0, 0.05) is 22.9 Å². The molecule has 1 N–H and O–H groups in total. The summed E-state index contributed by atoms with van der Waals surface area (Å²) in [4.78, 5) is 24.3. The van der Waals surface area contributed by atoms with Gasteiger partial charge in [-0.15, -0.1) is 0 Å². The standard InChI is InChI=1S/C20H22BrNO2/c1-13-7-8-17(11-14(13)2)19(23)9-10-20(24)22-15(3)16-5-4-6-18(21)12-16/h4-8,11-12,15H,9-10H2,1-3H3,(H,22,24)/t15-/m0/s1. The highest BCUT2D eigenvalue weighted by Gasteiger charge is 2.13. The van der Waals surface area contributed by atoms with E-state index in [0.29, 0.717) is 5.56 Å². The average molecular weight is 388 g/mol. The molecule has 0 saturated carbocycles. The zero-order chi connectivity index (χ0) is 17.7. The molecule has 126 valence electrons. The Hall–Kier alpha value is -1.94. The van der Waals surface area contributed by atoms with Gasteiger partial charge in [-0.1, -0.05) is 40.2 Å². The molecular weight excluding hydrogens is 366 g/mol. The van der Waals surface area contributed by atoms with Crippen molar-refractivity contribution < 1.29 is 9.59 Å². The molecule has 0 fully saturated rings. The zero-order valence-electron chi connectivity index (χ0n) is 14.2. The Kier molecular flexibility index (Phi) is 6.32. The largest absolute Gasteiger partial charge is 0.350 e. The lowest BCUT2D eigenvalue weighted by atomic mass is 10.0. The van der Waals surface area contributed by atoms with Crippen LogP contribution in [-0.2, 0) is 4.79 Å². The summed E-state index contributed by atoms with van der Waals surface area (Å²) in [6.07, 6.45) is 0.420. The molecule has 2 aromatic carbocycles. The van der Waals surface area contributed by atoms with Crippen molar-refractivity contribution >= 4 is 27.6 Å². The summed E-state index contributed by atoms with van der Waals surface area (Å²) in [5.74, 6) is -0.108. The third-order valence-corrected chi connectivity index (χ3v) is 4.63. The lowest BCUT2D eigenvalue weighted by Crippen LogP contribution is -2.27. The highest BCUT2D eigenvalue weighted by atomic mass is 79.9. The van der Waals surface area contributed by atoms with Crippen LogP contribution in [0.4, 0.5) is 0 Å². The van der Waals surface area contributed by atoms with E-state index in [1.165, 1.54) is 0 Å². The van der Waals surface area contributed by atoms with Crippen molar-refractivity contribution in [2.75, 3.05) is 0 Å². The van der Waals surface area contributed by atoms with Crippen molar-refractivity contribution in [3.8, 4) is 0 Å². The van der Waals surface area contributed by atoms with Crippen LogP contribution in [0.5, 0.6) is 0 Å². The monoisotopic (exact) mass is 387 g/mol. The fraction of sp³-hybridized carbons (Fsp3) is 0.300. The second kappa shape index (κ2) is 8.25. The third-order valence-electron chi connectivity index (χ3n) is 4.13. The van der Waals surface area contributed by atoms with E-state index in [4.69, 9.17) is 0 Å². The van der Waals surface area contributed by atoms with E-state index in [1.54, 1.807) is 0 Å². The first-order valence-corrected chi connectivity index (χ1v) is 8.81. The molecule has 0 aliphatic rings. The van der Waals surface area contributed by atoms with Gasteiger partial charge in [-0.25, -0.2) is 0 Å². The van der Waals surface area contributed by atoms with Gasteiger partial charge in [0.25, 0.3) is 0 Å². The number of amides is 1. The fourth-order valence-corrected chi connectivity index (χ4v) is 2.88. The number of nitrogens with one attached hydrogen (secondary N) is 1. The summed E-state index contributed by atoms with van der Waals surface area (Å²) in [6.45, 7) is 5.93. The molecule has 0 aromatic heterocycles. The number of rotatable bonds is 6. The molecule has 24 heavy (non-hydrogen) atoms. The quantitative estimate of drug-likeness (QED) is 0.715. The first kappa shape index (κ1) is 18.4. The van der Waals surface area contributed by atoms with E-state index in [9.17, 15) is 9.59 Å². The minimum Gasteiger partial charge on any atom is -0.350 e. The van der Waals surface area contributed by atoms with Gasteiger partial charge in [0.2, 0.25) is 5.91 Å². The summed E-state index contributed by atoms with van der Waals surface area (Å²) in [6, 6.07) is 13.4. The van der Waals surface area contributed by atoms with Gasteiger partial charge in [0.05, 0.1) is 6.04 Å². The number of carbonyl (C=O) groups excluding carboxylic acids is 2. The van der Waals surface area contributed by atoms with Crippen molar-refractivity contribution in [2.24, 2.45) is 0 Å². The number of Topliss-reactive ketones (excluding diaryl/α,β-unsaturated/α-hetero) is 1. The predicted octanol–water partition coefficient (Wildman–Crippen LogP) is 4.91. The maximum Gasteiger partial charge on any atom is 0.220 e. The van der Waals surface area contributed by atoms with E-state index in [1.807, 2.05) is 63.2 Å². The normalized spacial score (nSPS) is 11.8. The van der Waals surface area contributed by atoms with Gasteiger partial charge in [-0.05, 0) is 55.7 Å². The Balaban J connectivity index is 1.88. The first-order chi connectivity index (χ1) is 11.4.